The molecule has 5 nitrogen and oxygen atoms in total. The van der Waals surface area contributed by atoms with E-state index in [0.29, 0.717) is 36.0 Å². The number of nitrogens with zero attached hydrogens (tertiary/aromatic N) is 1. The minimum atomic E-state index is -0.0703. The monoisotopic (exact) mass is 352 g/mol. The third kappa shape index (κ3) is 4.42. The highest BCUT2D eigenvalue weighted by molar-refractivity contribution is 5.99. The highest BCUT2D eigenvalue weighted by Crippen LogP contribution is 2.34. The zero-order valence-electron chi connectivity index (χ0n) is 15.2. The number of hydrogen-bond donors (Lipinski definition) is 1. The molecule has 0 unspecified atom stereocenters. The first-order valence-corrected chi connectivity index (χ1v) is 8.94. The summed E-state index contributed by atoms with van der Waals surface area (Å²) in [6.45, 7) is 4.62. The molecule has 0 atom stereocenters. The summed E-state index contributed by atoms with van der Waals surface area (Å²) in [5.74, 6) is 0.859. The molecule has 1 aliphatic heterocycles. The fourth-order valence-corrected chi connectivity index (χ4v) is 2.99. The van der Waals surface area contributed by atoms with E-state index in [-0.39, 0.29) is 18.4 Å². The molecule has 5 heteroatoms. The van der Waals surface area contributed by atoms with E-state index in [1.165, 1.54) is 5.56 Å². The summed E-state index contributed by atoms with van der Waals surface area (Å²) in [6, 6.07) is 15.5. The van der Waals surface area contributed by atoms with E-state index < -0.39 is 0 Å². The molecule has 0 aromatic heterocycles. The average Bonchev–Trinajstić information content (AvgIpc) is 2.61. The summed E-state index contributed by atoms with van der Waals surface area (Å²) in [7, 11) is 0. The molecule has 0 saturated carbocycles. The fourth-order valence-electron chi connectivity index (χ4n) is 2.99. The van der Waals surface area contributed by atoms with Crippen LogP contribution in [0.15, 0.2) is 48.5 Å². The molecule has 0 fully saturated rings. The van der Waals surface area contributed by atoms with Gasteiger partial charge in [-0.05, 0) is 36.1 Å². The van der Waals surface area contributed by atoms with Crippen LogP contribution in [0.4, 0.5) is 11.4 Å². The predicted octanol–water partition coefficient (Wildman–Crippen LogP) is 3.64. The summed E-state index contributed by atoms with van der Waals surface area (Å²) in [5, 5.41) is 2.90. The molecule has 3 rings (SSSR count). The van der Waals surface area contributed by atoms with Gasteiger partial charge < -0.3 is 15.0 Å². The molecule has 0 aliphatic carbocycles. The van der Waals surface area contributed by atoms with Gasteiger partial charge in [-0.2, -0.15) is 0 Å². The summed E-state index contributed by atoms with van der Waals surface area (Å²) in [5.41, 5.74) is 2.56. The number of anilines is 2. The van der Waals surface area contributed by atoms with Crippen LogP contribution in [0.3, 0.4) is 0 Å². The number of nitrogens with one attached hydrogen (secondary N) is 1. The molecule has 1 heterocycles. The maximum Gasteiger partial charge on any atom is 0.265 e. The van der Waals surface area contributed by atoms with Crippen molar-refractivity contribution in [1.82, 2.24) is 0 Å². The number of ether oxygens (including phenoxy) is 1. The Bertz CT molecular complexity index is 787. The molecule has 0 radical (unpaired) electrons. The van der Waals surface area contributed by atoms with E-state index in [9.17, 15) is 9.59 Å². The first kappa shape index (κ1) is 18.0. The predicted molar refractivity (Wildman–Crippen MR) is 103 cm³/mol. The molecule has 2 amide bonds. The van der Waals surface area contributed by atoms with E-state index in [1.54, 1.807) is 4.90 Å². The lowest BCUT2D eigenvalue weighted by molar-refractivity contribution is -0.121. The normalized spacial score (nSPS) is 13.3. The van der Waals surface area contributed by atoms with E-state index in [1.807, 2.05) is 62.4 Å². The highest BCUT2D eigenvalue weighted by Gasteiger charge is 2.25. The van der Waals surface area contributed by atoms with E-state index in [4.69, 9.17) is 4.74 Å². The maximum atomic E-state index is 12.4. The minimum Gasteiger partial charge on any atom is -0.482 e. The molecule has 0 saturated heterocycles. The molecule has 0 bridgehead atoms. The lowest BCUT2D eigenvalue weighted by Crippen LogP contribution is -2.40. The molecule has 1 N–H and O–H groups in total. The number of rotatable bonds is 6. The summed E-state index contributed by atoms with van der Waals surface area (Å²) in [4.78, 5) is 26.1. The number of amides is 2. The van der Waals surface area contributed by atoms with Crippen molar-refractivity contribution in [2.75, 3.05) is 23.4 Å². The third-order valence-electron chi connectivity index (χ3n) is 4.25. The molecule has 136 valence electrons. The van der Waals surface area contributed by atoms with E-state index in [2.05, 4.69) is 5.32 Å². The fraction of sp³-hybridized carbons (Fsp3) is 0.333. The Balaban J connectivity index is 1.76. The standard InChI is InChI=1S/C21H24N2O3/c1-15(2)12-20(24)22-17-8-9-19-18(13-17)23(21(25)14-26-19)11-10-16-6-4-3-5-7-16/h3-9,13,15H,10-12,14H2,1-2H3,(H,22,24). The second-order valence-corrected chi connectivity index (χ2v) is 6.90. The smallest absolute Gasteiger partial charge is 0.265 e. The lowest BCUT2D eigenvalue weighted by Gasteiger charge is -2.30. The Morgan fingerprint density at radius 3 is 2.69 bits per heavy atom. The van der Waals surface area contributed by atoms with Crippen molar-refractivity contribution < 1.29 is 14.3 Å². The molecular weight excluding hydrogens is 328 g/mol. The molecule has 26 heavy (non-hydrogen) atoms. The van der Waals surface area contributed by atoms with Crippen molar-refractivity contribution in [2.45, 2.75) is 26.7 Å². The zero-order chi connectivity index (χ0) is 18.5. The van der Waals surface area contributed by atoms with Crippen LogP contribution in [0.5, 0.6) is 5.75 Å². The molecule has 2 aromatic rings. The van der Waals surface area contributed by atoms with Gasteiger partial charge in [0.05, 0.1) is 5.69 Å². The minimum absolute atomic E-state index is 0.0289. The first-order chi connectivity index (χ1) is 12.5. The van der Waals surface area contributed by atoms with Crippen molar-refractivity contribution in [1.29, 1.82) is 0 Å². The van der Waals surface area contributed by atoms with Crippen LogP contribution in [0, 0.1) is 5.92 Å². The summed E-state index contributed by atoms with van der Waals surface area (Å²) >= 11 is 0. The summed E-state index contributed by atoms with van der Waals surface area (Å²) in [6.07, 6.45) is 1.22. The third-order valence-corrected chi connectivity index (χ3v) is 4.25. The van der Waals surface area contributed by atoms with Gasteiger partial charge in [-0.1, -0.05) is 44.2 Å². The number of hydrogen-bond acceptors (Lipinski definition) is 3. The van der Waals surface area contributed by atoms with Crippen LogP contribution in [-0.2, 0) is 16.0 Å². The number of carbonyl (C=O) groups excluding carboxylic acids is 2. The van der Waals surface area contributed by atoms with Gasteiger partial charge in [-0.15, -0.1) is 0 Å². The number of fused-ring (bicyclic) bond motifs is 1. The van der Waals surface area contributed by atoms with Crippen LogP contribution in [-0.4, -0.2) is 25.0 Å². The molecule has 1 aliphatic rings. The average molecular weight is 352 g/mol. The van der Waals surface area contributed by atoms with Crippen molar-refractivity contribution in [2.24, 2.45) is 5.92 Å². The Kier molecular flexibility index (Phi) is 5.56. The van der Waals surface area contributed by atoms with Gasteiger partial charge in [0.15, 0.2) is 6.61 Å². The van der Waals surface area contributed by atoms with Crippen LogP contribution in [0.2, 0.25) is 0 Å². The first-order valence-electron chi connectivity index (χ1n) is 8.94. The van der Waals surface area contributed by atoms with Gasteiger partial charge in [0.25, 0.3) is 5.91 Å². The lowest BCUT2D eigenvalue weighted by atomic mass is 10.1. The van der Waals surface area contributed by atoms with Gasteiger partial charge in [0.2, 0.25) is 5.91 Å². The van der Waals surface area contributed by atoms with Crippen LogP contribution >= 0.6 is 0 Å². The van der Waals surface area contributed by atoms with Gasteiger partial charge >= 0.3 is 0 Å². The Hall–Kier alpha value is -2.82. The van der Waals surface area contributed by atoms with Crippen LogP contribution in [0.25, 0.3) is 0 Å². The Labute approximate surface area is 154 Å². The summed E-state index contributed by atoms with van der Waals surface area (Å²) < 4.78 is 5.54. The van der Waals surface area contributed by atoms with Crippen LogP contribution in [0.1, 0.15) is 25.8 Å². The Morgan fingerprint density at radius 2 is 1.96 bits per heavy atom. The van der Waals surface area contributed by atoms with Gasteiger partial charge in [0.1, 0.15) is 5.75 Å². The van der Waals surface area contributed by atoms with Crippen molar-refractivity contribution >= 4 is 23.2 Å². The Morgan fingerprint density at radius 1 is 1.19 bits per heavy atom. The second kappa shape index (κ2) is 8.04. The largest absolute Gasteiger partial charge is 0.482 e. The number of carbonyl (C=O) groups is 2. The second-order valence-electron chi connectivity index (χ2n) is 6.90. The van der Waals surface area contributed by atoms with Gasteiger partial charge in [-0.25, -0.2) is 0 Å². The van der Waals surface area contributed by atoms with E-state index >= 15 is 0 Å². The topological polar surface area (TPSA) is 58.6 Å². The number of benzene rings is 2. The SMILES string of the molecule is CC(C)CC(=O)Nc1ccc2c(c1)N(CCc1ccccc1)C(=O)CO2. The highest BCUT2D eigenvalue weighted by atomic mass is 16.5. The van der Waals surface area contributed by atoms with Crippen molar-refractivity contribution in [3.63, 3.8) is 0 Å². The van der Waals surface area contributed by atoms with Crippen LogP contribution < -0.4 is 15.0 Å². The van der Waals surface area contributed by atoms with Gasteiger partial charge in [0, 0.05) is 18.7 Å². The molecule has 0 spiro atoms. The zero-order valence-corrected chi connectivity index (χ0v) is 15.2. The molecule has 2 aromatic carbocycles. The maximum absolute atomic E-state index is 12.4. The quantitative estimate of drug-likeness (QED) is 0.863. The van der Waals surface area contributed by atoms with Crippen molar-refractivity contribution in [3.8, 4) is 5.75 Å². The molecular formula is C21H24N2O3. The van der Waals surface area contributed by atoms with E-state index in [0.717, 1.165) is 6.42 Å². The van der Waals surface area contributed by atoms with Crippen molar-refractivity contribution in [3.05, 3.63) is 54.1 Å². The van der Waals surface area contributed by atoms with Gasteiger partial charge in [-0.3, -0.25) is 9.59 Å².